The predicted octanol–water partition coefficient (Wildman–Crippen LogP) is 1.41. The summed E-state index contributed by atoms with van der Waals surface area (Å²) in [6, 6.07) is 0. The molecule has 0 spiro atoms. The molecule has 1 rings (SSSR count). The van der Waals surface area contributed by atoms with E-state index in [9.17, 15) is 15.0 Å². The van der Waals surface area contributed by atoms with Crippen LogP contribution in [0.4, 0.5) is 0 Å². The third kappa shape index (κ3) is 2.34. The van der Waals surface area contributed by atoms with E-state index in [1.165, 1.54) is 0 Å². The third-order valence-electron chi connectivity index (χ3n) is 3.08. The summed E-state index contributed by atoms with van der Waals surface area (Å²) in [6.45, 7) is 2.03. The van der Waals surface area contributed by atoms with Gasteiger partial charge in [0.1, 0.15) is 5.60 Å². The fourth-order valence-corrected chi connectivity index (χ4v) is 2.02. The van der Waals surface area contributed by atoms with Crippen molar-refractivity contribution >= 4 is 5.78 Å². The van der Waals surface area contributed by atoms with E-state index in [1.54, 1.807) is 0 Å². The van der Waals surface area contributed by atoms with Crippen LogP contribution in [-0.2, 0) is 4.79 Å². The largest absolute Gasteiger partial charge is 0.390 e. The minimum absolute atomic E-state index is 0.174. The highest BCUT2D eigenvalue weighted by Crippen LogP contribution is 2.30. The molecule has 0 aromatic carbocycles. The van der Waals surface area contributed by atoms with Gasteiger partial charge in [0.2, 0.25) is 0 Å². The molecule has 1 saturated carbocycles. The first-order chi connectivity index (χ1) is 6.61. The van der Waals surface area contributed by atoms with Crippen molar-refractivity contribution < 1.29 is 15.0 Å². The molecule has 1 aliphatic rings. The van der Waals surface area contributed by atoms with Gasteiger partial charge in [0.25, 0.3) is 0 Å². The molecule has 0 bridgehead atoms. The van der Waals surface area contributed by atoms with Crippen molar-refractivity contribution in [2.75, 3.05) is 0 Å². The lowest BCUT2D eigenvalue weighted by atomic mass is 9.78. The fourth-order valence-electron chi connectivity index (χ4n) is 2.02. The summed E-state index contributed by atoms with van der Waals surface area (Å²) in [7, 11) is 0. The molecular weight excluding hydrogens is 180 g/mol. The topological polar surface area (TPSA) is 57.5 Å². The van der Waals surface area contributed by atoms with Crippen molar-refractivity contribution in [3.63, 3.8) is 0 Å². The van der Waals surface area contributed by atoms with Gasteiger partial charge in [-0.3, -0.25) is 4.79 Å². The van der Waals surface area contributed by atoms with Crippen molar-refractivity contribution in [3.05, 3.63) is 0 Å². The molecule has 3 nitrogen and oxygen atoms in total. The van der Waals surface area contributed by atoms with Crippen molar-refractivity contribution in [1.29, 1.82) is 0 Å². The SMILES string of the molecule is CCCCC(O)C1(O)CCCCC1=O. The summed E-state index contributed by atoms with van der Waals surface area (Å²) in [5.41, 5.74) is -1.44. The van der Waals surface area contributed by atoms with Gasteiger partial charge in [0.15, 0.2) is 5.78 Å². The Morgan fingerprint density at radius 3 is 2.79 bits per heavy atom. The average Bonchev–Trinajstić information content (AvgIpc) is 2.19. The highest BCUT2D eigenvalue weighted by Gasteiger charge is 2.43. The maximum atomic E-state index is 11.5. The number of aliphatic hydroxyl groups is 2. The van der Waals surface area contributed by atoms with Crippen LogP contribution in [0.1, 0.15) is 51.9 Å². The molecule has 0 radical (unpaired) electrons. The van der Waals surface area contributed by atoms with Gasteiger partial charge in [0, 0.05) is 6.42 Å². The number of ketones is 1. The van der Waals surface area contributed by atoms with Crippen molar-refractivity contribution in [2.24, 2.45) is 0 Å². The summed E-state index contributed by atoms with van der Waals surface area (Å²) in [5, 5.41) is 19.8. The van der Waals surface area contributed by atoms with Crippen LogP contribution in [-0.4, -0.2) is 27.7 Å². The monoisotopic (exact) mass is 200 g/mol. The first-order valence-electron chi connectivity index (χ1n) is 5.55. The third-order valence-corrected chi connectivity index (χ3v) is 3.08. The van der Waals surface area contributed by atoms with Crippen LogP contribution in [0.3, 0.4) is 0 Å². The molecule has 2 N–H and O–H groups in total. The van der Waals surface area contributed by atoms with Gasteiger partial charge in [-0.05, 0) is 25.7 Å². The summed E-state index contributed by atoms with van der Waals surface area (Å²) in [4.78, 5) is 11.5. The fraction of sp³-hybridized carbons (Fsp3) is 0.909. The molecule has 82 valence electrons. The molecule has 0 aromatic rings. The lowest BCUT2D eigenvalue weighted by Crippen LogP contribution is -2.51. The summed E-state index contributed by atoms with van der Waals surface area (Å²) in [6.07, 6.45) is 4.02. The van der Waals surface area contributed by atoms with Gasteiger partial charge in [-0.25, -0.2) is 0 Å². The smallest absolute Gasteiger partial charge is 0.167 e. The summed E-state index contributed by atoms with van der Waals surface area (Å²) in [5.74, 6) is -0.174. The van der Waals surface area contributed by atoms with Crippen molar-refractivity contribution in [2.45, 2.75) is 63.6 Å². The van der Waals surface area contributed by atoms with Crippen LogP contribution in [0.5, 0.6) is 0 Å². The van der Waals surface area contributed by atoms with E-state index >= 15 is 0 Å². The minimum atomic E-state index is -1.44. The van der Waals surface area contributed by atoms with Crippen LogP contribution in [0, 0.1) is 0 Å². The van der Waals surface area contributed by atoms with E-state index in [4.69, 9.17) is 0 Å². The molecular formula is C11H20O3. The summed E-state index contributed by atoms with van der Waals surface area (Å²) < 4.78 is 0. The molecule has 0 aliphatic heterocycles. The molecule has 1 fully saturated rings. The van der Waals surface area contributed by atoms with Crippen LogP contribution < -0.4 is 0 Å². The molecule has 0 heterocycles. The van der Waals surface area contributed by atoms with Crippen LogP contribution in [0.15, 0.2) is 0 Å². The lowest BCUT2D eigenvalue weighted by molar-refractivity contribution is -0.156. The van der Waals surface area contributed by atoms with Gasteiger partial charge in [-0.15, -0.1) is 0 Å². The van der Waals surface area contributed by atoms with E-state index in [0.29, 0.717) is 19.3 Å². The van der Waals surface area contributed by atoms with Crippen LogP contribution in [0.2, 0.25) is 0 Å². The van der Waals surface area contributed by atoms with Crippen LogP contribution in [0.25, 0.3) is 0 Å². The van der Waals surface area contributed by atoms with E-state index in [1.807, 2.05) is 6.92 Å². The van der Waals surface area contributed by atoms with Crippen LogP contribution >= 0.6 is 0 Å². The molecule has 0 saturated heterocycles. The summed E-state index contributed by atoms with van der Waals surface area (Å²) >= 11 is 0. The number of Topliss-reactive ketones (excluding diaryl/α,β-unsaturated/α-hetero) is 1. The normalized spacial score (nSPS) is 30.4. The number of carbonyl (C=O) groups is 1. The second-order valence-corrected chi connectivity index (χ2v) is 4.21. The van der Waals surface area contributed by atoms with Gasteiger partial charge in [-0.2, -0.15) is 0 Å². The second-order valence-electron chi connectivity index (χ2n) is 4.21. The number of hydrogen-bond donors (Lipinski definition) is 2. The predicted molar refractivity (Wildman–Crippen MR) is 54.0 cm³/mol. The van der Waals surface area contributed by atoms with Gasteiger partial charge in [-0.1, -0.05) is 19.8 Å². The van der Waals surface area contributed by atoms with E-state index in [2.05, 4.69) is 0 Å². The molecule has 0 amide bonds. The standard InChI is InChI=1S/C11H20O3/c1-2-3-6-9(12)11(14)8-5-4-7-10(11)13/h9,12,14H,2-8H2,1H3. The number of unbranched alkanes of at least 4 members (excludes halogenated alkanes) is 1. The Morgan fingerprint density at radius 1 is 1.50 bits per heavy atom. The zero-order valence-corrected chi connectivity index (χ0v) is 8.83. The van der Waals surface area contributed by atoms with Crippen molar-refractivity contribution in [3.8, 4) is 0 Å². The second kappa shape index (κ2) is 4.89. The number of rotatable bonds is 4. The highest BCUT2D eigenvalue weighted by molar-refractivity contribution is 5.88. The quantitative estimate of drug-likeness (QED) is 0.721. The number of carbonyl (C=O) groups excluding carboxylic acids is 1. The average molecular weight is 200 g/mol. The zero-order chi connectivity index (χ0) is 10.6. The molecule has 3 heteroatoms. The number of hydrogen-bond acceptors (Lipinski definition) is 3. The first kappa shape index (κ1) is 11.7. The zero-order valence-electron chi connectivity index (χ0n) is 8.83. The van der Waals surface area contributed by atoms with Gasteiger partial charge >= 0.3 is 0 Å². The van der Waals surface area contributed by atoms with E-state index in [0.717, 1.165) is 25.7 Å². The van der Waals surface area contributed by atoms with Gasteiger partial charge in [0.05, 0.1) is 6.10 Å². The minimum Gasteiger partial charge on any atom is -0.390 e. The highest BCUT2D eigenvalue weighted by atomic mass is 16.3. The Kier molecular flexibility index (Phi) is 4.08. The first-order valence-corrected chi connectivity index (χ1v) is 5.55. The number of aliphatic hydroxyl groups excluding tert-OH is 1. The van der Waals surface area contributed by atoms with Crippen molar-refractivity contribution in [1.82, 2.24) is 0 Å². The van der Waals surface area contributed by atoms with Gasteiger partial charge < -0.3 is 10.2 Å². The molecule has 2 atom stereocenters. The maximum absolute atomic E-state index is 11.5. The Balaban J connectivity index is 2.56. The lowest BCUT2D eigenvalue weighted by Gasteiger charge is -2.34. The Morgan fingerprint density at radius 2 is 2.21 bits per heavy atom. The van der Waals surface area contributed by atoms with E-state index < -0.39 is 11.7 Å². The molecule has 0 aromatic heterocycles. The molecule has 2 unspecified atom stereocenters. The Labute approximate surface area is 85.1 Å². The maximum Gasteiger partial charge on any atom is 0.167 e. The Bertz CT molecular complexity index is 203. The Hall–Kier alpha value is -0.410. The van der Waals surface area contributed by atoms with E-state index in [-0.39, 0.29) is 5.78 Å². The molecule has 1 aliphatic carbocycles. The molecule has 14 heavy (non-hydrogen) atoms.